The van der Waals surface area contributed by atoms with Gasteiger partial charge >= 0.3 is 0 Å². The number of halogens is 2. The van der Waals surface area contributed by atoms with Crippen molar-refractivity contribution < 1.29 is 4.39 Å². The number of benzene rings is 1. The van der Waals surface area contributed by atoms with E-state index in [0.29, 0.717) is 18.7 Å². The molecular formula is C11H13BrFN. The van der Waals surface area contributed by atoms with Crippen molar-refractivity contribution in [3.05, 3.63) is 46.2 Å². The van der Waals surface area contributed by atoms with Crippen molar-refractivity contribution in [1.82, 2.24) is 5.32 Å². The van der Waals surface area contributed by atoms with Crippen LogP contribution in [-0.4, -0.2) is 6.54 Å². The van der Waals surface area contributed by atoms with Gasteiger partial charge in [0.2, 0.25) is 0 Å². The minimum Gasteiger partial charge on any atom is -0.308 e. The Morgan fingerprint density at radius 3 is 2.86 bits per heavy atom. The Morgan fingerprint density at radius 1 is 1.57 bits per heavy atom. The van der Waals surface area contributed by atoms with Gasteiger partial charge in [-0.25, -0.2) is 4.39 Å². The zero-order chi connectivity index (χ0) is 10.6. The van der Waals surface area contributed by atoms with Gasteiger partial charge in [0.1, 0.15) is 5.82 Å². The second kappa shape index (κ2) is 5.27. The first kappa shape index (κ1) is 11.4. The van der Waals surface area contributed by atoms with Gasteiger partial charge in [0.15, 0.2) is 0 Å². The standard InChI is InChI=1S/C11H13BrFN/c1-8-3-4-10(5-11(8)13)7-14-6-9(2)12/h3-5,14H,2,6-7H2,1H3. The highest BCUT2D eigenvalue weighted by molar-refractivity contribution is 9.11. The molecule has 14 heavy (non-hydrogen) atoms. The average Bonchev–Trinajstić information content (AvgIpc) is 2.10. The molecule has 0 radical (unpaired) electrons. The van der Waals surface area contributed by atoms with Crippen LogP contribution >= 0.6 is 15.9 Å². The van der Waals surface area contributed by atoms with Crippen LogP contribution in [0.5, 0.6) is 0 Å². The van der Waals surface area contributed by atoms with Crippen molar-refractivity contribution in [1.29, 1.82) is 0 Å². The molecule has 0 amide bonds. The lowest BCUT2D eigenvalue weighted by molar-refractivity contribution is 0.613. The van der Waals surface area contributed by atoms with Crippen LogP contribution in [0.4, 0.5) is 4.39 Å². The van der Waals surface area contributed by atoms with Gasteiger partial charge in [0.25, 0.3) is 0 Å². The maximum Gasteiger partial charge on any atom is 0.126 e. The highest BCUT2D eigenvalue weighted by atomic mass is 79.9. The summed E-state index contributed by atoms with van der Waals surface area (Å²) in [6.45, 7) is 6.80. The van der Waals surface area contributed by atoms with E-state index in [4.69, 9.17) is 0 Å². The third kappa shape index (κ3) is 3.60. The van der Waals surface area contributed by atoms with E-state index in [-0.39, 0.29) is 5.82 Å². The van der Waals surface area contributed by atoms with Crippen LogP contribution in [0, 0.1) is 12.7 Å². The van der Waals surface area contributed by atoms with Crippen LogP contribution in [0.2, 0.25) is 0 Å². The molecule has 0 spiro atoms. The minimum atomic E-state index is -0.151. The van der Waals surface area contributed by atoms with E-state index in [2.05, 4.69) is 27.8 Å². The number of rotatable bonds is 4. The summed E-state index contributed by atoms with van der Waals surface area (Å²) in [5, 5.41) is 3.13. The molecule has 0 heterocycles. The van der Waals surface area contributed by atoms with Crippen LogP contribution in [0.15, 0.2) is 29.3 Å². The number of hydrogen-bond acceptors (Lipinski definition) is 1. The zero-order valence-electron chi connectivity index (χ0n) is 8.11. The van der Waals surface area contributed by atoms with Crippen LogP contribution in [0.3, 0.4) is 0 Å². The van der Waals surface area contributed by atoms with Crippen molar-refractivity contribution in [2.24, 2.45) is 0 Å². The maximum absolute atomic E-state index is 13.1. The Balaban J connectivity index is 2.51. The van der Waals surface area contributed by atoms with Crippen LogP contribution < -0.4 is 5.32 Å². The number of aryl methyl sites for hydroxylation is 1. The molecule has 0 aliphatic rings. The van der Waals surface area contributed by atoms with Crippen LogP contribution in [-0.2, 0) is 6.54 Å². The molecule has 0 aliphatic carbocycles. The number of hydrogen-bond donors (Lipinski definition) is 1. The molecule has 0 bridgehead atoms. The lowest BCUT2D eigenvalue weighted by Gasteiger charge is -2.04. The quantitative estimate of drug-likeness (QED) is 0.874. The Bertz CT molecular complexity index is 336. The lowest BCUT2D eigenvalue weighted by atomic mass is 10.1. The first-order valence-electron chi connectivity index (χ1n) is 4.38. The van der Waals surface area contributed by atoms with Gasteiger partial charge in [-0.3, -0.25) is 0 Å². The van der Waals surface area contributed by atoms with E-state index < -0.39 is 0 Å². The Morgan fingerprint density at radius 2 is 2.29 bits per heavy atom. The van der Waals surface area contributed by atoms with Gasteiger partial charge in [-0.05, 0) is 24.1 Å². The highest BCUT2D eigenvalue weighted by Gasteiger charge is 1.98. The molecule has 0 aromatic heterocycles. The molecule has 0 unspecified atom stereocenters. The van der Waals surface area contributed by atoms with Gasteiger partial charge in [-0.1, -0.05) is 34.6 Å². The molecule has 0 aliphatic heterocycles. The van der Waals surface area contributed by atoms with Crippen molar-refractivity contribution in [2.45, 2.75) is 13.5 Å². The van der Waals surface area contributed by atoms with E-state index in [1.165, 1.54) is 0 Å². The van der Waals surface area contributed by atoms with E-state index in [9.17, 15) is 4.39 Å². The molecule has 1 rings (SSSR count). The predicted molar refractivity (Wildman–Crippen MR) is 60.9 cm³/mol. The summed E-state index contributed by atoms with van der Waals surface area (Å²) in [4.78, 5) is 0. The first-order valence-corrected chi connectivity index (χ1v) is 5.18. The van der Waals surface area contributed by atoms with Crippen molar-refractivity contribution >= 4 is 15.9 Å². The van der Waals surface area contributed by atoms with Crippen molar-refractivity contribution in [2.75, 3.05) is 6.54 Å². The molecule has 1 aromatic rings. The van der Waals surface area contributed by atoms with E-state index in [1.54, 1.807) is 19.1 Å². The van der Waals surface area contributed by atoms with E-state index in [0.717, 1.165) is 10.0 Å². The lowest BCUT2D eigenvalue weighted by Crippen LogP contribution is -2.14. The molecule has 1 N–H and O–H groups in total. The SMILES string of the molecule is C=C(Br)CNCc1ccc(C)c(F)c1. The molecule has 1 aromatic carbocycles. The molecule has 0 saturated heterocycles. The van der Waals surface area contributed by atoms with E-state index in [1.807, 2.05) is 6.07 Å². The largest absolute Gasteiger partial charge is 0.308 e. The minimum absolute atomic E-state index is 0.151. The summed E-state index contributed by atoms with van der Waals surface area (Å²) in [6.07, 6.45) is 0. The fourth-order valence-electron chi connectivity index (χ4n) is 1.09. The second-order valence-corrected chi connectivity index (χ2v) is 4.33. The number of nitrogens with one attached hydrogen (secondary N) is 1. The van der Waals surface area contributed by atoms with Gasteiger partial charge in [0.05, 0.1) is 0 Å². The first-order chi connectivity index (χ1) is 6.59. The molecule has 3 heteroatoms. The highest BCUT2D eigenvalue weighted by Crippen LogP contribution is 2.09. The van der Waals surface area contributed by atoms with E-state index >= 15 is 0 Å². The summed E-state index contributed by atoms with van der Waals surface area (Å²) in [5.41, 5.74) is 1.63. The molecule has 1 nitrogen and oxygen atoms in total. The summed E-state index contributed by atoms with van der Waals surface area (Å²) >= 11 is 3.24. The third-order valence-corrected chi connectivity index (χ3v) is 2.16. The third-order valence-electron chi connectivity index (χ3n) is 1.88. The summed E-state index contributed by atoms with van der Waals surface area (Å²) in [7, 11) is 0. The Kier molecular flexibility index (Phi) is 4.29. The fraction of sp³-hybridized carbons (Fsp3) is 0.273. The Hall–Kier alpha value is -0.670. The van der Waals surface area contributed by atoms with Gasteiger partial charge < -0.3 is 5.32 Å². The monoisotopic (exact) mass is 257 g/mol. The summed E-state index contributed by atoms with van der Waals surface area (Å²) in [5.74, 6) is -0.151. The molecule has 0 fully saturated rings. The normalized spacial score (nSPS) is 10.2. The molecule has 76 valence electrons. The molecular weight excluding hydrogens is 245 g/mol. The van der Waals surface area contributed by atoms with Crippen molar-refractivity contribution in [3.8, 4) is 0 Å². The smallest absolute Gasteiger partial charge is 0.126 e. The maximum atomic E-state index is 13.1. The topological polar surface area (TPSA) is 12.0 Å². The van der Waals surface area contributed by atoms with Gasteiger partial charge in [0, 0.05) is 17.6 Å². The fourth-order valence-corrected chi connectivity index (χ4v) is 1.29. The van der Waals surface area contributed by atoms with Crippen molar-refractivity contribution in [3.63, 3.8) is 0 Å². The van der Waals surface area contributed by atoms with Crippen LogP contribution in [0.25, 0.3) is 0 Å². The second-order valence-electron chi connectivity index (χ2n) is 3.20. The molecule has 0 saturated carbocycles. The van der Waals surface area contributed by atoms with Crippen LogP contribution in [0.1, 0.15) is 11.1 Å². The van der Waals surface area contributed by atoms with Gasteiger partial charge in [-0.15, -0.1) is 0 Å². The predicted octanol–water partition coefficient (Wildman–Crippen LogP) is 3.13. The average molecular weight is 258 g/mol. The summed E-state index contributed by atoms with van der Waals surface area (Å²) < 4.78 is 14.0. The zero-order valence-corrected chi connectivity index (χ0v) is 9.70. The Labute approximate surface area is 92.1 Å². The summed E-state index contributed by atoms with van der Waals surface area (Å²) in [6, 6.07) is 5.26. The van der Waals surface area contributed by atoms with Gasteiger partial charge in [-0.2, -0.15) is 0 Å². The molecule has 0 atom stereocenters.